The van der Waals surface area contributed by atoms with Gasteiger partial charge in [0.25, 0.3) is 5.95 Å². The van der Waals surface area contributed by atoms with E-state index in [9.17, 15) is 4.79 Å². The molecular weight excluding hydrogens is 276 g/mol. The van der Waals surface area contributed by atoms with Crippen molar-refractivity contribution in [2.24, 2.45) is 5.84 Å². The first-order chi connectivity index (χ1) is 10.0. The number of hydrogen-bond donors (Lipinski definition) is 3. The quantitative estimate of drug-likeness (QED) is 0.449. The molecule has 2 aromatic rings. The Kier molecular flexibility index (Phi) is 4.23. The van der Waals surface area contributed by atoms with E-state index in [0.717, 1.165) is 0 Å². The highest BCUT2D eigenvalue weighted by Gasteiger charge is 2.17. The Morgan fingerprint density at radius 1 is 1.33 bits per heavy atom. The lowest BCUT2D eigenvalue weighted by Crippen LogP contribution is -2.37. The Morgan fingerprint density at radius 3 is 2.62 bits per heavy atom. The molecule has 2 heterocycles. The number of rotatable bonds is 5. The molecule has 0 aliphatic rings. The summed E-state index contributed by atoms with van der Waals surface area (Å²) in [4.78, 5) is 29.4. The number of aromatic nitrogens is 6. The van der Waals surface area contributed by atoms with Crippen LogP contribution in [0.1, 0.15) is 6.92 Å². The van der Waals surface area contributed by atoms with E-state index in [1.54, 1.807) is 21.0 Å². The van der Waals surface area contributed by atoms with Crippen molar-refractivity contribution >= 4 is 17.8 Å². The van der Waals surface area contributed by atoms with E-state index in [-0.39, 0.29) is 23.8 Å². The van der Waals surface area contributed by atoms with Gasteiger partial charge in [0.2, 0.25) is 17.8 Å². The Hall–Kier alpha value is -2.82. The number of carbonyl (C=O) groups is 1. The number of carbonyl (C=O) groups excluding carboxylic acids is 1. The minimum absolute atomic E-state index is 0.111. The third kappa shape index (κ3) is 3.39. The van der Waals surface area contributed by atoms with Crippen LogP contribution < -0.4 is 16.6 Å². The number of nitrogen functional groups attached to an aromatic ring is 1. The summed E-state index contributed by atoms with van der Waals surface area (Å²) in [5, 5.41) is 6.82. The molecule has 4 N–H and O–H groups in total. The molecule has 0 saturated heterocycles. The molecule has 2 aromatic heterocycles. The Bertz CT molecular complexity index is 610. The highest BCUT2D eigenvalue weighted by Crippen LogP contribution is 2.09. The predicted molar refractivity (Wildman–Crippen MR) is 74.3 cm³/mol. The maximum absolute atomic E-state index is 11.8. The van der Waals surface area contributed by atoms with Gasteiger partial charge in [-0.15, -0.1) is 0 Å². The smallest absolute Gasteiger partial charge is 0.258 e. The van der Waals surface area contributed by atoms with Gasteiger partial charge in [0, 0.05) is 14.1 Å². The largest absolute Gasteiger partial charge is 0.347 e. The third-order valence-corrected chi connectivity index (χ3v) is 2.53. The van der Waals surface area contributed by atoms with Crippen LogP contribution in [0.2, 0.25) is 0 Å². The van der Waals surface area contributed by atoms with Crippen molar-refractivity contribution in [2.75, 3.05) is 24.8 Å². The zero-order valence-corrected chi connectivity index (χ0v) is 11.8. The Balaban J connectivity index is 2.27. The van der Waals surface area contributed by atoms with Crippen molar-refractivity contribution in [3.05, 3.63) is 12.7 Å². The van der Waals surface area contributed by atoms with E-state index in [4.69, 9.17) is 5.84 Å². The topological polar surface area (TPSA) is 140 Å². The fourth-order valence-electron chi connectivity index (χ4n) is 1.55. The normalized spacial score (nSPS) is 11.8. The monoisotopic (exact) mass is 292 g/mol. The summed E-state index contributed by atoms with van der Waals surface area (Å²) < 4.78 is 1.35. The van der Waals surface area contributed by atoms with Crippen molar-refractivity contribution in [1.29, 1.82) is 0 Å². The lowest BCUT2D eigenvalue weighted by Gasteiger charge is -2.18. The van der Waals surface area contributed by atoms with E-state index in [0.29, 0.717) is 0 Å². The van der Waals surface area contributed by atoms with Gasteiger partial charge in [-0.2, -0.15) is 24.7 Å². The maximum Gasteiger partial charge on any atom is 0.258 e. The summed E-state index contributed by atoms with van der Waals surface area (Å²) in [6.07, 6.45) is 2.79. The van der Waals surface area contributed by atoms with Gasteiger partial charge in [0.05, 0.1) is 0 Å². The lowest BCUT2D eigenvalue weighted by atomic mass is 10.3. The van der Waals surface area contributed by atoms with Gasteiger partial charge in [-0.3, -0.25) is 10.2 Å². The van der Waals surface area contributed by atoms with Crippen LogP contribution in [0.15, 0.2) is 12.7 Å². The molecule has 0 saturated carbocycles. The maximum atomic E-state index is 11.8. The van der Waals surface area contributed by atoms with Gasteiger partial charge in [0.15, 0.2) is 0 Å². The van der Waals surface area contributed by atoms with Crippen molar-refractivity contribution in [3.8, 4) is 5.95 Å². The van der Waals surface area contributed by atoms with Crippen LogP contribution in [-0.4, -0.2) is 60.7 Å². The van der Waals surface area contributed by atoms with Crippen LogP contribution >= 0.6 is 0 Å². The number of amides is 1. The van der Waals surface area contributed by atoms with Crippen molar-refractivity contribution in [3.63, 3.8) is 0 Å². The first-order valence-corrected chi connectivity index (χ1v) is 6.06. The minimum Gasteiger partial charge on any atom is -0.347 e. The Labute approximate surface area is 120 Å². The standard InChI is InChI=1S/C10H16N10O/c1-6(7(21)19(2)3)14-8-15-9(18-11)17-10(16-8)20-5-12-4-13-20/h4-6H,11H2,1-3H3,(H2,14,15,16,17,18). The second-order valence-electron chi connectivity index (χ2n) is 4.37. The molecule has 0 radical (unpaired) electrons. The number of nitrogens with one attached hydrogen (secondary N) is 2. The van der Waals surface area contributed by atoms with Crippen molar-refractivity contribution < 1.29 is 4.79 Å². The van der Waals surface area contributed by atoms with E-state index >= 15 is 0 Å². The summed E-state index contributed by atoms with van der Waals surface area (Å²) in [6, 6.07) is -0.503. The lowest BCUT2D eigenvalue weighted by molar-refractivity contribution is -0.129. The van der Waals surface area contributed by atoms with Crippen LogP contribution in [0.25, 0.3) is 5.95 Å². The molecule has 0 aliphatic carbocycles. The number of nitrogens with two attached hydrogens (primary N) is 1. The number of nitrogens with zero attached hydrogens (tertiary/aromatic N) is 7. The zero-order chi connectivity index (χ0) is 15.4. The molecule has 112 valence electrons. The van der Waals surface area contributed by atoms with Gasteiger partial charge < -0.3 is 10.2 Å². The SMILES string of the molecule is CC(Nc1nc(NN)nc(-n2cncn2)n1)C(=O)N(C)C. The summed E-state index contributed by atoms with van der Waals surface area (Å²) in [7, 11) is 3.34. The summed E-state index contributed by atoms with van der Waals surface area (Å²) in [5.74, 6) is 5.78. The highest BCUT2D eigenvalue weighted by molar-refractivity contribution is 5.83. The predicted octanol–water partition coefficient (Wildman–Crippen LogP) is -1.37. The van der Waals surface area contributed by atoms with E-state index in [1.807, 2.05) is 0 Å². The molecule has 0 fully saturated rings. The molecule has 11 nitrogen and oxygen atoms in total. The summed E-state index contributed by atoms with van der Waals surface area (Å²) in [6.45, 7) is 1.71. The summed E-state index contributed by atoms with van der Waals surface area (Å²) >= 11 is 0. The van der Waals surface area contributed by atoms with E-state index < -0.39 is 6.04 Å². The number of anilines is 2. The number of hydrazine groups is 1. The molecule has 1 atom stereocenters. The third-order valence-electron chi connectivity index (χ3n) is 2.53. The molecule has 0 bridgehead atoms. The number of likely N-dealkylation sites (N-methyl/N-ethyl adjacent to an activating group) is 1. The Morgan fingerprint density at radius 2 is 2.05 bits per heavy atom. The van der Waals surface area contributed by atoms with Crippen molar-refractivity contribution in [1.82, 2.24) is 34.6 Å². The average Bonchev–Trinajstić information content (AvgIpc) is 3.00. The molecule has 2 rings (SSSR count). The van der Waals surface area contributed by atoms with Crippen molar-refractivity contribution in [2.45, 2.75) is 13.0 Å². The average molecular weight is 292 g/mol. The molecular formula is C10H16N10O. The molecule has 21 heavy (non-hydrogen) atoms. The van der Waals surface area contributed by atoms with Crippen LogP contribution in [-0.2, 0) is 4.79 Å². The van der Waals surface area contributed by atoms with Gasteiger partial charge in [-0.05, 0) is 6.92 Å². The minimum atomic E-state index is -0.503. The first kappa shape index (κ1) is 14.6. The molecule has 1 unspecified atom stereocenters. The molecule has 0 aliphatic heterocycles. The molecule has 0 spiro atoms. The number of hydrogen-bond acceptors (Lipinski definition) is 9. The molecule has 1 amide bonds. The molecule has 11 heteroatoms. The molecule has 0 aromatic carbocycles. The van der Waals surface area contributed by atoms with E-state index in [1.165, 1.54) is 22.2 Å². The first-order valence-electron chi connectivity index (χ1n) is 6.06. The van der Waals surface area contributed by atoms with Gasteiger partial charge in [-0.25, -0.2) is 10.8 Å². The highest BCUT2D eigenvalue weighted by atomic mass is 16.2. The van der Waals surface area contributed by atoms with Gasteiger partial charge in [-0.1, -0.05) is 0 Å². The van der Waals surface area contributed by atoms with Gasteiger partial charge in [0.1, 0.15) is 18.7 Å². The fourth-order valence-corrected chi connectivity index (χ4v) is 1.55. The summed E-state index contributed by atoms with van der Waals surface area (Å²) in [5.41, 5.74) is 2.34. The van der Waals surface area contributed by atoms with E-state index in [2.05, 4.69) is 35.8 Å². The van der Waals surface area contributed by atoms with Crippen LogP contribution in [0, 0.1) is 0 Å². The van der Waals surface area contributed by atoms with Crippen LogP contribution in [0.5, 0.6) is 0 Å². The second-order valence-corrected chi connectivity index (χ2v) is 4.37. The fraction of sp³-hybridized carbons (Fsp3) is 0.400. The van der Waals surface area contributed by atoms with Crippen LogP contribution in [0.4, 0.5) is 11.9 Å². The van der Waals surface area contributed by atoms with Gasteiger partial charge >= 0.3 is 0 Å². The second kappa shape index (κ2) is 6.09. The van der Waals surface area contributed by atoms with Crippen LogP contribution in [0.3, 0.4) is 0 Å². The zero-order valence-electron chi connectivity index (χ0n) is 11.8.